The molecule has 3 heterocycles. The Hall–Kier alpha value is -2.78. The number of aromatic nitrogens is 4. The standard InChI is InChI=1S/C20H24N6O2S/c1-16-12-17(2)26(23-16)20-13-19(21-15-22-20)24-8-10-25(11-9-24)29(27,28)14-18-6-4-3-5-7-18/h3-7,12-13,15H,8-11,14H2,1-2H3. The number of piperazine rings is 1. The molecule has 1 aliphatic heterocycles. The second-order valence-corrected chi connectivity index (χ2v) is 9.17. The maximum Gasteiger partial charge on any atom is 0.218 e. The highest BCUT2D eigenvalue weighted by molar-refractivity contribution is 7.88. The van der Waals surface area contributed by atoms with Crippen LogP contribution in [-0.4, -0.2) is 58.7 Å². The topological polar surface area (TPSA) is 84.2 Å². The van der Waals surface area contributed by atoms with Gasteiger partial charge in [-0.1, -0.05) is 30.3 Å². The highest BCUT2D eigenvalue weighted by Gasteiger charge is 2.27. The van der Waals surface area contributed by atoms with Gasteiger partial charge in [-0.3, -0.25) is 0 Å². The maximum absolute atomic E-state index is 12.7. The van der Waals surface area contributed by atoms with Crippen molar-refractivity contribution in [2.45, 2.75) is 19.6 Å². The Labute approximate surface area is 170 Å². The Morgan fingerprint density at radius 1 is 0.931 bits per heavy atom. The number of hydrogen-bond acceptors (Lipinski definition) is 6. The zero-order valence-electron chi connectivity index (χ0n) is 16.6. The van der Waals surface area contributed by atoms with Crippen molar-refractivity contribution < 1.29 is 8.42 Å². The van der Waals surface area contributed by atoms with E-state index in [0.717, 1.165) is 22.8 Å². The number of aryl methyl sites for hydroxylation is 2. The number of anilines is 1. The molecule has 29 heavy (non-hydrogen) atoms. The maximum atomic E-state index is 12.7. The molecule has 0 unspecified atom stereocenters. The Bertz CT molecular complexity index is 1090. The molecule has 4 rings (SSSR count). The van der Waals surface area contributed by atoms with E-state index in [-0.39, 0.29) is 5.75 Å². The van der Waals surface area contributed by atoms with E-state index in [1.54, 1.807) is 8.99 Å². The van der Waals surface area contributed by atoms with E-state index in [2.05, 4.69) is 20.0 Å². The van der Waals surface area contributed by atoms with Crippen LogP contribution in [-0.2, 0) is 15.8 Å². The summed E-state index contributed by atoms with van der Waals surface area (Å²) in [4.78, 5) is 10.8. The van der Waals surface area contributed by atoms with Crippen molar-refractivity contribution in [3.05, 3.63) is 65.7 Å². The van der Waals surface area contributed by atoms with Gasteiger partial charge in [0.1, 0.15) is 12.1 Å². The number of benzene rings is 1. The predicted octanol–water partition coefficient (Wildman–Crippen LogP) is 1.93. The number of nitrogens with zero attached hydrogens (tertiary/aromatic N) is 6. The lowest BCUT2D eigenvalue weighted by Gasteiger charge is -2.34. The fourth-order valence-corrected chi connectivity index (χ4v) is 5.07. The predicted molar refractivity (Wildman–Crippen MR) is 111 cm³/mol. The SMILES string of the molecule is Cc1cc(C)n(-c2cc(N3CCN(S(=O)(=O)Cc4ccccc4)CC3)ncn2)n1. The fraction of sp³-hybridized carbons (Fsp3) is 0.350. The lowest BCUT2D eigenvalue weighted by molar-refractivity contribution is 0.383. The molecule has 0 amide bonds. The average Bonchev–Trinajstić information content (AvgIpc) is 3.07. The first-order valence-corrected chi connectivity index (χ1v) is 11.2. The fourth-order valence-electron chi connectivity index (χ4n) is 3.56. The smallest absolute Gasteiger partial charge is 0.218 e. The van der Waals surface area contributed by atoms with Crippen molar-refractivity contribution in [3.63, 3.8) is 0 Å². The van der Waals surface area contributed by atoms with Gasteiger partial charge in [-0.25, -0.2) is 23.1 Å². The third-order valence-corrected chi connectivity index (χ3v) is 6.86. The minimum atomic E-state index is -3.34. The van der Waals surface area contributed by atoms with Crippen LogP contribution in [0.1, 0.15) is 17.0 Å². The highest BCUT2D eigenvalue weighted by atomic mass is 32.2. The van der Waals surface area contributed by atoms with Crippen molar-refractivity contribution >= 4 is 15.8 Å². The van der Waals surface area contributed by atoms with Crippen LogP contribution in [0.3, 0.4) is 0 Å². The summed E-state index contributed by atoms with van der Waals surface area (Å²) in [7, 11) is -3.34. The second kappa shape index (κ2) is 7.92. The highest BCUT2D eigenvalue weighted by Crippen LogP contribution is 2.19. The number of hydrogen-bond donors (Lipinski definition) is 0. The third kappa shape index (κ3) is 4.30. The van der Waals surface area contributed by atoms with E-state index >= 15 is 0 Å². The molecule has 0 saturated carbocycles. The van der Waals surface area contributed by atoms with Gasteiger partial charge in [0.2, 0.25) is 10.0 Å². The molecule has 0 atom stereocenters. The van der Waals surface area contributed by atoms with Crippen LogP contribution in [0.4, 0.5) is 5.82 Å². The van der Waals surface area contributed by atoms with Crippen LogP contribution < -0.4 is 4.90 Å². The lowest BCUT2D eigenvalue weighted by Crippen LogP contribution is -2.49. The van der Waals surface area contributed by atoms with E-state index in [9.17, 15) is 8.42 Å². The molecule has 152 valence electrons. The summed E-state index contributed by atoms with van der Waals surface area (Å²) >= 11 is 0. The Balaban J connectivity index is 1.45. The Kier molecular flexibility index (Phi) is 5.33. The van der Waals surface area contributed by atoms with Crippen molar-refractivity contribution in [3.8, 4) is 5.82 Å². The molecule has 8 nitrogen and oxygen atoms in total. The van der Waals surface area contributed by atoms with Gasteiger partial charge >= 0.3 is 0 Å². The van der Waals surface area contributed by atoms with Crippen LogP contribution in [0.5, 0.6) is 0 Å². The summed E-state index contributed by atoms with van der Waals surface area (Å²) < 4.78 is 28.9. The molecule has 0 aliphatic carbocycles. The van der Waals surface area contributed by atoms with Crippen molar-refractivity contribution in [1.82, 2.24) is 24.1 Å². The zero-order valence-corrected chi connectivity index (χ0v) is 17.4. The summed E-state index contributed by atoms with van der Waals surface area (Å²) in [5.74, 6) is 1.52. The first kappa shape index (κ1) is 19.5. The second-order valence-electron chi connectivity index (χ2n) is 7.20. The summed E-state index contributed by atoms with van der Waals surface area (Å²) in [5, 5.41) is 4.47. The van der Waals surface area contributed by atoms with Crippen molar-refractivity contribution in [1.29, 1.82) is 0 Å². The minimum absolute atomic E-state index is 0.0312. The van der Waals surface area contributed by atoms with Gasteiger partial charge in [0.15, 0.2) is 5.82 Å². The molecule has 1 fully saturated rings. The number of rotatable bonds is 5. The van der Waals surface area contributed by atoms with Crippen LogP contribution in [0, 0.1) is 13.8 Å². The van der Waals surface area contributed by atoms with Crippen molar-refractivity contribution in [2.75, 3.05) is 31.1 Å². The molecule has 0 radical (unpaired) electrons. The van der Waals surface area contributed by atoms with Crippen LogP contribution in [0.2, 0.25) is 0 Å². The van der Waals surface area contributed by atoms with E-state index in [1.165, 1.54) is 6.33 Å². The first-order chi connectivity index (χ1) is 13.9. The van der Waals surface area contributed by atoms with Crippen molar-refractivity contribution in [2.24, 2.45) is 0 Å². The van der Waals surface area contributed by atoms with E-state index < -0.39 is 10.0 Å². The summed E-state index contributed by atoms with van der Waals surface area (Å²) in [5.41, 5.74) is 2.74. The number of sulfonamides is 1. The molecule has 1 saturated heterocycles. The Morgan fingerprint density at radius 3 is 2.28 bits per heavy atom. The van der Waals surface area contributed by atoms with Gasteiger partial charge in [0.25, 0.3) is 0 Å². The lowest BCUT2D eigenvalue weighted by atomic mass is 10.2. The quantitative estimate of drug-likeness (QED) is 0.637. The molecule has 9 heteroatoms. The van der Waals surface area contributed by atoms with E-state index in [0.29, 0.717) is 32.0 Å². The molecular weight excluding hydrogens is 388 g/mol. The van der Waals surface area contributed by atoms with Gasteiger partial charge in [0, 0.05) is 37.9 Å². The monoisotopic (exact) mass is 412 g/mol. The minimum Gasteiger partial charge on any atom is -0.354 e. The molecule has 0 N–H and O–H groups in total. The van der Waals surface area contributed by atoms with Gasteiger partial charge in [-0.15, -0.1) is 0 Å². The molecule has 2 aromatic heterocycles. The largest absolute Gasteiger partial charge is 0.354 e. The normalized spacial score (nSPS) is 15.6. The molecule has 1 aromatic carbocycles. The molecule has 3 aromatic rings. The molecule has 0 spiro atoms. The van der Waals surface area contributed by atoms with Crippen LogP contribution in [0.15, 0.2) is 48.8 Å². The first-order valence-electron chi connectivity index (χ1n) is 9.55. The van der Waals surface area contributed by atoms with E-state index in [1.807, 2.05) is 56.3 Å². The molecular formula is C20H24N6O2S. The average molecular weight is 413 g/mol. The van der Waals surface area contributed by atoms with Crippen LogP contribution >= 0.6 is 0 Å². The van der Waals surface area contributed by atoms with Gasteiger partial charge in [-0.2, -0.15) is 9.40 Å². The molecule has 0 bridgehead atoms. The summed E-state index contributed by atoms with van der Waals surface area (Å²) in [6, 6.07) is 13.2. The molecule has 1 aliphatic rings. The summed E-state index contributed by atoms with van der Waals surface area (Å²) in [6.07, 6.45) is 1.53. The van der Waals surface area contributed by atoms with Crippen LogP contribution in [0.25, 0.3) is 5.82 Å². The Morgan fingerprint density at radius 2 is 1.62 bits per heavy atom. The van der Waals surface area contributed by atoms with Gasteiger partial charge in [-0.05, 0) is 25.5 Å². The summed E-state index contributed by atoms with van der Waals surface area (Å²) in [6.45, 7) is 5.98. The van der Waals surface area contributed by atoms with Gasteiger partial charge in [0.05, 0.1) is 11.4 Å². The third-order valence-electron chi connectivity index (χ3n) is 5.01. The van der Waals surface area contributed by atoms with E-state index in [4.69, 9.17) is 0 Å². The van der Waals surface area contributed by atoms with Gasteiger partial charge < -0.3 is 4.90 Å². The zero-order chi connectivity index (χ0) is 20.4.